The van der Waals surface area contributed by atoms with Crippen LogP contribution in [0.15, 0.2) is 17.5 Å². The minimum absolute atomic E-state index is 0.0356. The highest BCUT2D eigenvalue weighted by Crippen LogP contribution is 2.13. The molecule has 1 heterocycles. The van der Waals surface area contributed by atoms with Crippen LogP contribution in [0, 0.1) is 0 Å². The van der Waals surface area contributed by atoms with Gasteiger partial charge in [0.2, 0.25) is 0 Å². The zero-order valence-corrected chi connectivity index (χ0v) is 11.6. The van der Waals surface area contributed by atoms with E-state index in [9.17, 15) is 9.59 Å². The number of Topliss-reactive ketones (excluding diaryl/α,β-unsaturated/α-hetero) is 1. The smallest absolute Gasteiger partial charge is 0.307 e. The van der Waals surface area contributed by atoms with Crippen LogP contribution in [0.4, 0.5) is 0 Å². The van der Waals surface area contributed by atoms with Crippen molar-refractivity contribution < 1.29 is 14.3 Å². The van der Waals surface area contributed by atoms with E-state index in [4.69, 9.17) is 0 Å². The van der Waals surface area contributed by atoms with Gasteiger partial charge in [0.1, 0.15) is 0 Å². The minimum Gasteiger partial charge on any atom is -0.469 e. The van der Waals surface area contributed by atoms with E-state index in [1.165, 1.54) is 18.4 Å². The molecule has 18 heavy (non-hydrogen) atoms. The quantitative estimate of drug-likeness (QED) is 0.447. The van der Waals surface area contributed by atoms with Crippen LogP contribution in [0.5, 0.6) is 0 Å². The van der Waals surface area contributed by atoms with Gasteiger partial charge < -0.3 is 10.1 Å². The van der Waals surface area contributed by atoms with Gasteiger partial charge in [0, 0.05) is 0 Å². The lowest BCUT2D eigenvalue weighted by Crippen LogP contribution is -2.39. The van der Waals surface area contributed by atoms with Crippen molar-refractivity contribution in [2.45, 2.75) is 32.2 Å². The number of carbonyl (C=O) groups excluding carboxylic acids is 2. The SMILES string of the molecule is CCCCNC(CC(=O)OC)C(=O)c1cccs1. The molecule has 0 saturated heterocycles. The maximum absolute atomic E-state index is 12.2. The van der Waals surface area contributed by atoms with Crippen molar-refractivity contribution >= 4 is 23.1 Å². The number of ether oxygens (including phenoxy) is 1. The molecule has 0 aliphatic carbocycles. The Morgan fingerprint density at radius 2 is 2.28 bits per heavy atom. The summed E-state index contributed by atoms with van der Waals surface area (Å²) in [6.45, 7) is 2.81. The van der Waals surface area contributed by atoms with Crippen molar-refractivity contribution in [2.75, 3.05) is 13.7 Å². The van der Waals surface area contributed by atoms with Gasteiger partial charge in [0.05, 0.1) is 24.4 Å². The molecule has 0 fully saturated rings. The Hall–Kier alpha value is -1.20. The zero-order chi connectivity index (χ0) is 13.4. The van der Waals surface area contributed by atoms with E-state index in [1.807, 2.05) is 11.4 Å². The second-order valence-electron chi connectivity index (χ2n) is 3.98. The molecule has 1 atom stereocenters. The van der Waals surface area contributed by atoms with Gasteiger partial charge in [-0.05, 0) is 24.4 Å². The summed E-state index contributed by atoms with van der Waals surface area (Å²) in [5.41, 5.74) is 0. The van der Waals surface area contributed by atoms with Crippen molar-refractivity contribution in [1.29, 1.82) is 0 Å². The lowest BCUT2D eigenvalue weighted by Gasteiger charge is -2.15. The summed E-state index contributed by atoms with van der Waals surface area (Å²) in [7, 11) is 1.33. The van der Waals surface area contributed by atoms with E-state index < -0.39 is 6.04 Å². The number of hydrogen-bond acceptors (Lipinski definition) is 5. The second kappa shape index (κ2) is 8.00. The second-order valence-corrected chi connectivity index (χ2v) is 4.93. The first-order valence-corrected chi connectivity index (χ1v) is 6.95. The molecule has 0 aromatic carbocycles. The van der Waals surface area contributed by atoms with Gasteiger partial charge >= 0.3 is 5.97 Å². The molecular formula is C13H19NO3S. The first kappa shape index (κ1) is 14.9. The number of rotatable bonds is 8. The number of nitrogens with one attached hydrogen (secondary N) is 1. The molecule has 4 nitrogen and oxygen atoms in total. The van der Waals surface area contributed by atoms with Crippen molar-refractivity contribution in [3.63, 3.8) is 0 Å². The fourth-order valence-electron chi connectivity index (χ4n) is 1.55. The first-order valence-electron chi connectivity index (χ1n) is 6.07. The highest BCUT2D eigenvalue weighted by molar-refractivity contribution is 7.12. The largest absolute Gasteiger partial charge is 0.469 e. The predicted octanol–water partition coefficient (Wildman–Crippen LogP) is 2.25. The highest BCUT2D eigenvalue weighted by Gasteiger charge is 2.23. The van der Waals surface area contributed by atoms with Crippen LogP contribution in [-0.2, 0) is 9.53 Å². The average Bonchev–Trinajstić information content (AvgIpc) is 2.90. The van der Waals surface area contributed by atoms with Crippen molar-refractivity contribution in [1.82, 2.24) is 5.32 Å². The van der Waals surface area contributed by atoms with Crippen LogP contribution in [-0.4, -0.2) is 31.4 Å². The molecule has 100 valence electrons. The number of esters is 1. The van der Waals surface area contributed by atoms with Gasteiger partial charge in [0.15, 0.2) is 5.78 Å². The Balaban J connectivity index is 2.63. The van der Waals surface area contributed by atoms with Crippen LogP contribution in [0.3, 0.4) is 0 Å². The lowest BCUT2D eigenvalue weighted by atomic mass is 10.1. The van der Waals surface area contributed by atoms with Gasteiger partial charge in [-0.15, -0.1) is 11.3 Å². The minimum atomic E-state index is -0.484. The molecule has 0 aliphatic rings. The maximum Gasteiger partial charge on any atom is 0.307 e. The van der Waals surface area contributed by atoms with Crippen LogP contribution in [0.25, 0.3) is 0 Å². The Kier molecular flexibility index (Phi) is 6.60. The molecule has 0 spiro atoms. The summed E-state index contributed by atoms with van der Waals surface area (Å²) in [6.07, 6.45) is 2.11. The van der Waals surface area contributed by atoms with E-state index >= 15 is 0 Å². The highest BCUT2D eigenvalue weighted by atomic mass is 32.1. The third kappa shape index (κ3) is 4.58. The number of carbonyl (C=O) groups is 2. The van der Waals surface area contributed by atoms with E-state index in [0.717, 1.165) is 19.4 Å². The standard InChI is InChI=1S/C13H19NO3S/c1-3-4-7-14-10(9-12(15)17-2)13(16)11-6-5-8-18-11/h5-6,8,10,14H,3-4,7,9H2,1-2H3. The number of ketones is 1. The third-order valence-corrected chi connectivity index (χ3v) is 3.48. The van der Waals surface area contributed by atoms with E-state index in [0.29, 0.717) is 4.88 Å². The predicted molar refractivity (Wildman–Crippen MR) is 72.0 cm³/mol. The van der Waals surface area contributed by atoms with Crippen molar-refractivity contribution in [3.05, 3.63) is 22.4 Å². The van der Waals surface area contributed by atoms with Crippen molar-refractivity contribution in [2.24, 2.45) is 0 Å². The van der Waals surface area contributed by atoms with Crippen molar-refractivity contribution in [3.8, 4) is 0 Å². The number of methoxy groups -OCH3 is 1. The molecule has 0 radical (unpaired) electrons. The first-order chi connectivity index (χ1) is 8.69. The van der Waals surface area contributed by atoms with Crippen LogP contribution in [0.2, 0.25) is 0 Å². The molecule has 0 bridgehead atoms. The summed E-state index contributed by atoms with van der Waals surface area (Å²) < 4.78 is 4.63. The Bertz CT molecular complexity index is 376. The molecule has 1 rings (SSSR count). The number of thiophene rings is 1. The summed E-state index contributed by atoms with van der Waals surface area (Å²) >= 11 is 1.39. The molecule has 0 amide bonds. The molecule has 1 aromatic rings. The van der Waals surface area contributed by atoms with Gasteiger partial charge in [-0.2, -0.15) is 0 Å². The third-order valence-electron chi connectivity index (χ3n) is 2.60. The van der Waals surface area contributed by atoms with E-state index in [2.05, 4.69) is 17.0 Å². The summed E-state index contributed by atoms with van der Waals surface area (Å²) in [5, 5.41) is 4.99. The summed E-state index contributed by atoms with van der Waals surface area (Å²) in [5.74, 6) is -0.402. The van der Waals surface area contributed by atoms with Gasteiger partial charge in [-0.25, -0.2) is 0 Å². The van der Waals surface area contributed by atoms with Gasteiger partial charge in [0.25, 0.3) is 0 Å². The van der Waals surface area contributed by atoms with E-state index in [-0.39, 0.29) is 18.2 Å². The molecule has 1 unspecified atom stereocenters. The Morgan fingerprint density at radius 1 is 1.50 bits per heavy atom. The maximum atomic E-state index is 12.2. The zero-order valence-electron chi connectivity index (χ0n) is 10.8. The monoisotopic (exact) mass is 269 g/mol. The topological polar surface area (TPSA) is 55.4 Å². The molecule has 5 heteroatoms. The fraction of sp³-hybridized carbons (Fsp3) is 0.538. The van der Waals surface area contributed by atoms with Gasteiger partial charge in [-0.1, -0.05) is 19.4 Å². The molecular weight excluding hydrogens is 250 g/mol. The molecule has 1 N–H and O–H groups in total. The normalized spacial score (nSPS) is 12.1. The van der Waals surface area contributed by atoms with Crippen LogP contribution < -0.4 is 5.32 Å². The average molecular weight is 269 g/mol. The number of hydrogen-bond donors (Lipinski definition) is 1. The summed E-state index contributed by atoms with van der Waals surface area (Å²) in [4.78, 5) is 24.2. The van der Waals surface area contributed by atoms with Crippen LogP contribution in [0.1, 0.15) is 35.9 Å². The Morgan fingerprint density at radius 3 is 2.83 bits per heavy atom. The van der Waals surface area contributed by atoms with Gasteiger partial charge in [-0.3, -0.25) is 9.59 Å². The lowest BCUT2D eigenvalue weighted by molar-refractivity contribution is -0.140. The molecule has 0 aliphatic heterocycles. The summed E-state index contributed by atoms with van der Waals surface area (Å²) in [6, 6.07) is 3.13. The van der Waals surface area contributed by atoms with Crippen LogP contribution >= 0.6 is 11.3 Å². The molecule has 0 saturated carbocycles. The fourth-order valence-corrected chi connectivity index (χ4v) is 2.27. The number of unbranched alkanes of at least 4 members (excludes halogenated alkanes) is 1. The molecule has 1 aromatic heterocycles. The van der Waals surface area contributed by atoms with E-state index in [1.54, 1.807) is 6.07 Å². The Labute approximate surface area is 111 Å².